The lowest BCUT2D eigenvalue weighted by atomic mass is 10.2. The summed E-state index contributed by atoms with van der Waals surface area (Å²) in [5, 5.41) is 1.11. The van der Waals surface area contributed by atoms with E-state index < -0.39 is 0 Å². The molecule has 0 unspecified atom stereocenters. The van der Waals surface area contributed by atoms with E-state index in [1.165, 1.54) is 17.4 Å². The van der Waals surface area contributed by atoms with Crippen molar-refractivity contribution in [2.75, 3.05) is 36.0 Å². The number of halogens is 1. The molecule has 0 N–H and O–H groups in total. The lowest BCUT2D eigenvalue weighted by molar-refractivity contribution is 0.112. The van der Waals surface area contributed by atoms with Crippen LogP contribution in [-0.4, -0.2) is 32.5 Å². The highest BCUT2D eigenvalue weighted by Gasteiger charge is 2.20. The van der Waals surface area contributed by atoms with Crippen molar-refractivity contribution in [3.05, 3.63) is 47.1 Å². The monoisotopic (exact) mass is 290 g/mol. The van der Waals surface area contributed by atoms with Crippen LogP contribution in [0.15, 0.2) is 36.4 Å². The van der Waals surface area contributed by atoms with Gasteiger partial charge in [-0.2, -0.15) is 0 Å². The number of benzene rings is 1. The predicted molar refractivity (Wildman–Crippen MR) is 80.5 cm³/mol. The third-order valence-electron chi connectivity index (χ3n) is 3.51. The smallest absolute Gasteiger partial charge is 0.160 e. The van der Waals surface area contributed by atoms with E-state index in [-0.39, 0.29) is 5.82 Å². The number of aldehydes is 1. The molecule has 5 heteroatoms. The minimum Gasteiger partial charge on any atom is -0.366 e. The van der Waals surface area contributed by atoms with Crippen LogP contribution in [0.25, 0.3) is 0 Å². The number of nitrogens with zero attached hydrogens (tertiary/aromatic N) is 2. The fourth-order valence-corrected chi connectivity index (χ4v) is 3.32. The van der Waals surface area contributed by atoms with Crippen LogP contribution in [0, 0.1) is 5.82 Å². The molecule has 104 valence electrons. The van der Waals surface area contributed by atoms with Gasteiger partial charge in [-0.3, -0.25) is 4.79 Å². The molecule has 0 saturated carbocycles. The molecular formula is C15H15FN2OS. The Kier molecular flexibility index (Phi) is 3.69. The molecule has 3 rings (SSSR count). The average molecular weight is 290 g/mol. The van der Waals surface area contributed by atoms with E-state index in [1.807, 2.05) is 24.3 Å². The quantitative estimate of drug-likeness (QED) is 0.812. The van der Waals surface area contributed by atoms with Gasteiger partial charge in [-0.15, -0.1) is 11.3 Å². The zero-order valence-corrected chi connectivity index (χ0v) is 11.8. The molecule has 0 spiro atoms. The highest BCUT2D eigenvalue weighted by Crippen LogP contribution is 2.27. The molecule has 3 nitrogen and oxygen atoms in total. The topological polar surface area (TPSA) is 23.6 Å². The summed E-state index contributed by atoms with van der Waals surface area (Å²) in [5.74, 6) is -0.166. The first-order valence-electron chi connectivity index (χ1n) is 6.57. The van der Waals surface area contributed by atoms with Crippen LogP contribution >= 0.6 is 11.3 Å². The molecule has 0 atom stereocenters. The molecule has 0 aliphatic carbocycles. The van der Waals surface area contributed by atoms with Crippen molar-refractivity contribution in [2.45, 2.75) is 0 Å². The highest BCUT2D eigenvalue weighted by atomic mass is 32.1. The molecule has 1 fully saturated rings. The Morgan fingerprint density at radius 3 is 2.35 bits per heavy atom. The molecule has 1 aliphatic rings. The maximum absolute atomic E-state index is 13.8. The zero-order valence-electron chi connectivity index (χ0n) is 11.0. The van der Waals surface area contributed by atoms with Crippen molar-refractivity contribution in [3.63, 3.8) is 0 Å². The minimum absolute atomic E-state index is 0.166. The van der Waals surface area contributed by atoms with E-state index in [0.717, 1.165) is 42.3 Å². The Labute approximate surface area is 121 Å². The summed E-state index contributed by atoms with van der Waals surface area (Å²) in [6.45, 7) is 3.25. The maximum atomic E-state index is 13.8. The van der Waals surface area contributed by atoms with E-state index in [4.69, 9.17) is 0 Å². The number of anilines is 2. The van der Waals surface area contributed by atoms with Gasteiger partial charge in [-0.1, -0.05) is 12.1 Å². The summed E-state index contributed by atoms with van der Waals surface area (Å²) in [7, 11) is 0. The number of carbonyl (C=O) groups excluding carboxylic acids is 1. The summed E-state index contributed by atoms with van der Waals surface area (Å²) in [4.78, 5) is 15.8. The molecule has 1 aliphatic heterocycles. The SMILES string of the molecule is O=Cc1ccc(N2CCN(c3ccccc3F)CC2)s1. The summed E-state index contributed by atoms with van der Waals surface area (Å²) in [5.41, 5.74) is 0.673. The number of carbonyl (C=O) groups is 1. The summed E-state index contributed by atoms with van der Waals surface area (Å²) < 4.78 is 13.8. The van der Waals surface area contributed by atoms with Crippen LogP contribution in [0.2, 0.25) is 0 Å². The molecule has 1 aromatic heterocycles. The van der Waals surface area contributed by atoms with Gasteiger partial charge < -0.3 is 9.80 Å². The van der Waals surface area contributed by atoms with Crippen molar-refractivity contribution < 1.29 is 9.18 Å². The Morgan fingerprint density at radius 2 is 1.70 bits per heavy atom. The Morgan fingerprint density at radius 1 is 1.00 bits per heavy atom. The molecular weight excluding hydrogens is 275 g/mol. The second-order valence-corrected chi connectivity index (χ2v) is 5.81. The van der Waals surface area contributed by atoms with Crippen molar-refractivity contribution in [1.29, 1.82) is 0 Å². The molecule has 1 aromatic carbocycles. The van der Waals surface area contributed by atoms with Gasteiger partial charge >= 0.3 is 0 Å². The van der Waals surface area contributed by atoms with E-state index in [9.17, 15) is 9.18 Å². The van der Waals surface area contributed by atoms with Gasteiger partial charge in [0.15, 0.2) is 6.29 Å². The standard InChI is InChI=1S/C15H15FN2OS/c16-13-3-1-2-4-14(13)17-7-9-18(10-8-17)15-6-5-12(11-19)20-15/h1-6,11H,7-10H2. The van der Waals surface area contributed by atoms with E-state index in [1.54, 1.807) is 6.07 Å². The normalized spacial score (nSPS) is 15.4. The van der Waals surface area contributed by atoms with Gasteiger partial charge in [-0.05, 0) is 24.3 Å². The van der Waals surface area contributed by atoms with Crippen LogP contribution in [0.5, 0.6) is 0 Å². The summed E-state index contributed by atoms with van der Waals surface area (Å²) in [6, 6.07) is 10.7. The lowest BCUT2D eigenvalue weighted by Gasteiger charge is -2.36. The van der Waals surface area contributed by atoms with Crippen molar-refractivity contribution in [1.82, 2.24) is 0 Å². The van der Waals surface area contributed by atoms with Crippen molar-refractivity contribution in [2.24, 2.45) is 0 Å². The third kappa shape index (κ3) is 2.54. The Bertz CT molecular complexity index is 605. The molecule has 20 heavy (non-hydrogen) atoms. The molecule has 0 radical (unpaired) electrons. The van der Waals surface area contributed by atoms with Gasteiger partial charge in [0.05, 0.1) is 15.6 Å². The van der Waals surface area contributed by atoms with E-state index >= 15 is 0 Å². The fraction of sp³-hybridized carbons (Fsp3) is 0.267. The third-order valence-corrected chi connectivity index (χ3v) is 4.58. The van der Waals surface area contributed by atoms with E-state index in [0.29, 0.717) is 5.69 Å². The lowest BCUT2D eigenvalue weighted by Crippen LogP contribution is -2.46. The van der Waals surface area contributed by atoms with Crippen LogP contribution in [0.4, 0.5) is 15.1 Å². The van der Waals surface area contributed by atoms with E-state index in [2.05, 4.69) is 9.80 Å². The second-order valence-electron chi connectivity index (χ2n) is 4.72. The van der Waals surface area contributed by atoms with Crippen LogP contribution in [0.1, 0.15) is 9.67 Å². The number of rotatable bonds is 3. The van der Waals surface area contributed by atoms with Crippen LogP contribution < -0.4 is 9.80 Å². The summed E-state index contributed by atoms with van der Waals surface area (Å²) >= 11 is 1.50. The first-order chi connectivity index (χ1) is 9.78. The number of hydrogen-bond acceptors (Lipinski definition) is 4. The first-order valence-corrected chi connectivity index (χ1v) is 7.39. The Balaban J connectivity index is 1.68. The number of para-hydroxylation sites is 1. The fourth-order valence-electron chi connectivity index (χ4n) is 2.45. The van der Waals surface area contributed by atoms with Gasteiger partial charge in [0.1, 0.15) is 5.82 Å². The molecule has 1 saturated heterocycles. The number of hydrogen-bond donors (Lipinski definition) is 0. The largest absolute Gasteiger partial charge is 0.366 e. The van der Waals surface area contributed by atoms with Gasteiger partial charge in [0.2, 0.25) is 0 Å². The first kappa shape index (κ1) is 13.1. The zero-order chi connectivity index (χ0) is 13.9. The summed E-state index contributed by atoms with van der Waals surface area (Å²) in [6.07, 6.45) is 0.879. The Hall–Kier alpha value is -1.88. The second kappa shape index (κ2) is 5.63. The molecule has 2 heterocycles. The van der Waals surface area contributed by atoms with Crippen LogP contribution in [0.3, 0.4) is 0 Å². The van der Waals surface area contributed by atoms with Gasteiger partial charge in [-0.25, -0.2) is 4.39 Å². The number of piperazine rings is 1. The van der Waals surface area contributed by atoms with Crippen LogP contribution in [-0.2, 0) is 0 Å². The van der Waals surface area contributed by atoms with Crippen molar-refractivity contribution in [3.8, 4) is 0 Å². The number of thiophene rings is 1. The highest BCUT2D eigenvalue weighted by molar-refractivity contribution is 7.17. The van der Waals surface area contributed by atoms with Gasteiger partial charge in [0, 0.05) is 26.2 Å². The van der Waals surface area contributed by atoms with Gasteiger partial charge in [0.25, 0.3) is 0 Å². The predicted octanol–water partition coefficient (Wildman–Crippen LogP) is 3.03. The average Bonchev–Trinajstić information content (AvgIpc) is 2.97. The van der Waals surface area contributed by atoms with Crippen molar-refractivity contribution >= 4 is 28.3 Å². The molecule has 2 aromatic rings. The minimum atomic E-state index is -0.166. The molecule has 0 bridgehead atoms. The molecule has 0 amide bonds. The maximum Gasteiger partial charge on any atom is 0.160 e.